The van der Waals surface area contributed by atoms with Gasteiger partial charge in [0.1, 0.15) is 75.9 Å². The first-order valence-electron chi connectivity index (χ1n) is 32.7. The standard InChI is InChI=1S/C75H92O18/c1-9-17-21-25-63(76)51-39-55-47-57-41-52(64(77)26-22-18-10-2)43-59(73(57)91-36-32-87-68(81)14-6)49-61-45-54(66(79)28-24-20-12-4)46-62(75(61)93-38-34-89-71(84)30-29-70(83)85-16-8)50-60-44-53(65(78)27-23-19-11-3)42-58(74(60)92-37-33-88-69(82)15-7)48-56(40-51)72(55)90-35-31-86-67(80)13-5/h13-15,29-30,39-46H,5-7,9-12,16-28,31-38,47-50H2,1-4,8H3/b30-29-. The first kappa shape index (κ1) is 74.8. The highest BCUT2D eigenvalue weighted by Gasteiger charge is 2.28. The van der Waals surface area contributed by atoms with Gasteiger partial charge >= 0.3 is 29.8 Å². The monoisotopic (exact) mass is 1280 g/mol. The summed E-state index contributed by atoms with van der Waals surface area (Å²) < 4.78 is 53.8. The highest BCUT2D eigenvalue weighted by atomic mass is 16.6. The molecule has 1 aliphatic carbocycles. The average molecular weight is 1280 g/mol. The van der Waals surface area contributed by atoms with Gasteiger partial charge < -0.3 is 42.6 Å². The summed E-state index contributed by atoms with van der Waals surface area (Å²) in [7, 11) is 0. The summed E-state index contributed by atoms with van der Waals surface area (Å²) in [5.41, 5.74) is 5.08. The van der Waals surface area contributed by atoms with Crippen molar-refractivity contribution in [1.29, 1.82) is 0 Å². The van der Waals surface area contributed by atoms with Gasteiger partial charge in [0, 0.05) is 104 Å². The van der Waals surface area contributed by atoms with Gasteiger partial charge in [0.25, 0.3) is 0 Å². The van der Waals surface area contributed by atoms with Gasteiger partial charge in [-0.3, -0.25) is 19.2 Å². The number of hydrogen-bond donors (Lipinski definition) is 0. The van der Waals surface area contributed by atoms with E-state index in [1.807, 2.05) is 27.7 Å². The Morgan fingerprint density at radius 1 is 0.312 bits per heavy atom. The molecule has 0 amide bonds. The largest absolute Gasteiger partial charge is 0.489 e. The Morgan fingerprint density at radius 2 is 0.527 bits per heavy atom. The van der Waals surface area contributed by atoms with Crippen molar-refractivity contribution < 1.29 is 85.8 Å². The molecule has 1 aliphatic rings. The van der Waals surface area contributed by atoms with Gasteiger partial charge in [0.2, 0.25) is 0 Å². The molecule has 8 bridgehead atoms. The third-order valence-electron chi connectivity index (χ3n) is 15.3. The number of ether oxygens (including phenoxy) is 9. The highest BCUT2D eigenvalue weighted by Crippen LogP contribution is 2.42. The Kier molecular flexibility index (Phi) is 32.8. The molecule has 0 atom stereocenters. The van der Waals surface area contributed by atoms with Crippen LogP contribution in [0.3, 0.4) is 0 Å². The van der Waals surface area contributed by atoms with Gasteiger partial charge in [0.15, 0.2) is 23.1 Å². The van der Waals surface area contributed by atoms with Crippen LogP contribution in [0.5, 0.6) is 23.0 Å². The number of esters is 5. The second-order valence-corrected chi connectivity index (χ2v) is 22.5. The van der Waals surface area contributed by atoms with Gasteiger partial charge in [-0.1, -0.05) is 98.8 Å². The lowest BCUT2D eigenvalue weighted by Crippen LogP contribution is -2.17. The van der Waals surface area contributed by atoms with E-state index < -0.39 is 29.8 Å². The Hall–Kier alpha value is -8.93. The minimum atomic E-state index is -0.842. The highest BCUT2D eigenvalue weighted by molar-refractivity contribution is 5.99. The normalized spacial score (nSPS) is 11.6. The van der Waals surface area contributed by atoms with Crippen molar-refractivity contribution in [2.45, 2.75) is 163 Å². The number of fused-ring (bicyclic) bond motifs is 8. The molecule has 0 aliphatic heterocycles. The van der Waals surface area contributed by atoms with E-state index in [1.165, 1.54) is 0 Å². The topological polar surface area (TPSA) is 237 Å². The van der Waals surface area contributed by atoms with E-state index in [9.17, 15) is 43.2 Å². The zero-order valence-corrected chi connectivity index (χ0v) is 55.0. The summed E-state index contributed by atoms with van der Waals surface area (Å²) in [5.74, 6) is -3.12. The van der Waals surface area contributed by atoms with Gasteiger partial charge in [-0.15, -0.1) is 0 Å². The predicted octanol–water partition coefficient (Wildman–Crippen LogP) is 13.8. The summed E-state index contributed by atoms with van der Waals surface area (Å²) in [6.45, 7) is 18.8. The van der Waals surface area contributed by atoms with Crippen LogP contribution in [0.2, 0.25) is 0 Å². The molecule has 18 nitrogen and oxygen atoms in total. The number of rotatable bonds is 42. The molecule has 500 valence electrons. The third-order valence-corrected chi connectivity index (χ3v) is 15.3. The Bertz CT molecular complexity index is 3160. The molecule has 5 rings (SSSR count). The summed E-state index contributed by atoms with van der Waals surface area (Å²) >= 11 is 0. The lowest BCUT2D eigenvalue weighted by atomic mass is 9.86. The fourth-order valence-corrected chi connectivity index (χ4v) is 10.7. The van der Waals surface area contributed by atoms with Crippen LogP contribution in [0.1, 0.15) is 223 Å². The third kappa shape index (κ3) is 24.6. The SMILES string of the molecule is C=CC(=O)OCCOc1c2cc(C(=O)CCCCC)cc1Cc1cc(C(=O)CCCCC)cc(c1OCCOC(=O)C=C)Cc1cc(C(=O)CCCCC)cc(c1OCCOC(=O)/C=C\C(=O)OCC)Cc1cc(C(=O)CCCCC)cc(c1OCCOC(=O)C=C)C2. The molecule has 0 fully saturated rings. The predicted molar refractivity (Wildman–Crippen MR) is 353 cm³/mol. The van der Waals surface area contributed by atoms with Crippen molar-refractivity contribution in [2.24, 2.45) is 0 Å². The van der Waals surface area contributed by atoms with Crippen LogP contribution < -0.4 is 18.9 Å². The van der Waals surface area contributed by atoms with Gasteiger partial charge in [-0.25, -0.2) is 24.0 Å². The van der Waals surface area contributed by atoms with Crippen molar-refractivity contribution in [2.75, 3.05) is 59.5 Å². The van der Waals surface area contributed by atoms with E-state index in [1.54, 1.807) is 55.5 Å². The van der Waals surface area contributed by atoms with E-state index in [2.05, 4.69) is 19.7 Å². The molecule has 0 saturated carbocycles. The van der Waals surface area contributed by atoms with Crippen LogP contribution in [0.4, 0.5) is 0 Å². The molecule has 0 spiro atoms. The molecule has 18 heteroatoms. The van der Waals surface area contributed by atoms with Gasteiger partial charge in [-0.05, 0) is 126 Å². The quantitative estimate of drug-likeness (QED) is 0.0116. The number of carbonyl (C=O) groups is 9. The van der Waals surface area contributed by atoms with Crippen LogP contribution in [0.25, 0.3) is 0 Å². The van der Waals surface area contributed by atoms with Crippen molar-refractivity contribution in [3.05, 3.63) is 165 Å². The number of ketones is 4. The molecule has 0 aromatic heterocycles. The molecule has 0 radical (unpaired) electrons. The molecular formula is C75H92O18. The number of benzene rings is 4. The van der Waals surface area contributed by atoms with Crippen LogP contribution in [0, 0.1) is 0 Å². The smallest absolute Gasteiger partial charge is 0.331 e. The van der Waals surface area contributed by atoms with Crippen LogP contribution >= 0.6 is 0 Å². The maximum Gasteiger partial charge on any atom is 0.331 e. The zero-order chi connectivity index (χ0) is 67.5. The first-order valence-corrected chi connectivity index (χ1v) is 32.7. The summed E-state index contributed by atoms with van der Waals surface area (Å²) in [6, 6.07) is 14.0. The summed E-state index contributed by atoms with van der Waals surface area (Å²) in [5, 5.41) is 0. The summed E-state index contributed by atoms with van der Waals surface area (Å²) in [6.07, 6.45) is 14.7. The Labute approximate surface area is 547 Å². The van der Waals surface area contributed by atoms with Crippen LogP contribution in [0.15, 0.2) is 98.6 Å². The lowest BCUT2D eigenvalue weighted by molar-refractivity contribution is -0.140. The fraction of sp³-hybridized carbons (Fsp3) is 0.453. The molecule has 0 unspecified atom stereocenters. The number of Topliss-reactive ketones (excluding diaryl/α,β-unsaturated/α-hetero) is 4. The van der Waals surface area contributed by atoms with Crippen molar-refractivity contribution in [1.82, 2.24) is 0 Å². The van der Waals surface area contributed by atoms with E-state index in [-0.39, 0.29) is 151 Å². The lowest BCUT2D eigenvalue weighted by Gasteiger charge is -2.25. The Morgan fingerprint density at radius 3 is 0.731 bits per heavy atom. The molecule has 0 heterocycles. The van der Waals surface area contributed by atoms with E-state index in [0.29, 0.717) is 98.2 Å². The van der Waals surface area contributed by atoms with Crippen LogP contribution in [-0.2, 0) is 73.3 Å². The molecule has 4 aromatic rings. The minimum absolute atomic E-state index is 0.0461. The molecule has 4 aromatic carbocycles. The molecule has 0 N–H and O–H groups in total. The van der Waals surface area contributed by atoms with Crippen LogP contribution in [-0.4, -0.2) is 112 Å². The van der Waals surface area contributed by atoms with Gasteiger partial charge in [0.05, 0.1) is 6.61 Å². The Balaban J connectivity index is 2.01. The second kappa shape index (κ2) is 40.8. The van der Waals surface area contributed by atoms with E-state index in [0.717, 1.165) is 81.7 Å². The molecule has 0 saturated heterocycles. The number of carbonyl (C=O) groups excluding carboxylic acids is 9. The maximum atomic E-state index is 14.7. The van der Waals surface area contributed by atoms with Crippen molar-refractivity contribution in [3.8, 4) is 23.0 Å². The zero-order valence-electron chi connectivity index (χ0n) is 55.0. The fourth-order valence-electron chi connectivity index (χ4n) is 10.7. The molecular weight excluding hydrogens is 1190 g/mol. The first-order chi connectivity index (χ1) is 45.0. The van der Waals surface area contributed by atoms with Crippen molar-refractivity contribution >= 4 is 53.0 Å². The van der Waals surface area contributed by atoms with Crippen molar-refractivity contribution in [3.63, 3.8) is 0 Å². The number of unbranched alkanes of at least 4 members (excludes halogenated alkanes) is 8. The van der Waals surface area contributed by atoms with E-state index in [4.69, 9.17) is 42.6 Å². The second-order valence-electron chi connectivity index (χ2n) is 22.5. The van der Waals surface area contributed by atoms with Gasteiger partial charge in [-0.2, -0.15) is 0 Å². The molecule has 93 heavy (non-hydrogen) atoms. The minimum Gasteiger partial charge on any atom is -0.489 e. The van der Waals surface area contributed by atoms with E-state index >= 15 is 0 Å². The maximum absolute atomic E-state index is 14.7. The summed E-state index contributed by atoms with van der Waals surface area (Å²) in [4.78, 5) is 121. The average Bonchev–Trinajstić information content (AvgIpc) is 0.795. The number of hydrogen-bond acceptors (Lipinski definition) is 18.